The first-order valence-corrected chi connectivity index (χ1v) is 7.65. The van der Waals surface area contributed by atoms with Crippen LogP contribution >= 0.6 is 0 Å². The maximum absolute atomic E-state index is 4.64. The van der Waals surface area contributed by atoms with Crippen LogP contribution in [0.2, 0.25) is 0 Å². The van der Waals surface area contributed by atoms with Crippen molar-refractivity contribution in [1.29, 1.82) is 0 Å². The van der Waals surface area contributed by atoms with Gasteiger partial charge in [0.1, 0.15) is 0 Å². The molecule has 1 fully saturated rings. The number of benzene rings is 1. The lowest BCUT2D eigenvalue weighted by atomic mass is 10.1. The second kappa shape index (κ2) is 6.12. The highest BCUT2D eigenvalue weighted by Gasteiger charge is 2.17. The Morgan fingerprint density at radius 1 is 1.05 bits per heavy atom. The Labute approximate surface area is 121 Å². The van der Waals surface area contributed by atoms with Gasteiger partial charge in [0, 0.05) is 25.3 Å². The molecule has 2 aromatic rings. The minimum absolute atomic E-state index is 1.02. The Kier molecular flexibility index (Phi) is 4.05. The average Bonchev–Trinajstić information content (AvgIpc) is 2.88. The van der Waals surface area contributed by atoms with Crippen molar-refractivity contribution in [2.45, 2.75) is 39.2 Å². The van der Waals surface area contributed by atoms with E-state index in [1.807, 2.05) is 6.20 Å². The SMILES string of the molecule is Cc1cnc(N2CCCCC2)n1CCc1ccccc1. The molecule has 1 aliphatic heterocycles. The van der Waals surface area contributed by atoms with Crippen LogP contribution in [0.1, 0.15) is 30.5 Å². The second-order valence-corrected chi connectivity index (χ2v) is 5.63. The van der Waals surface area contributed by atoms with Gasteiger partial charge in [0.2, 0.25) is 5.95 Å². The maximum atomic E-state index is 4.64. The van der Waals surface area contributed by atoms with E-state index < -0.39 is 0 Å². The summed E-state index contributed by atoms with van der Waals surface area (Å²) in [5, 5.41) is 0. The predicted octanol–water partition coefficient (Wildman–Crippen LogP) is 3.42. The third-order valence-corrected chi connectivity index (χ3v) is 4.14. The van der Waals surface area contributed by atoms with Gasteiger partial charge in [-0.05, 0) is 38.2 Å². The van der Waals surface area contributed by atoms with Gasteiger partial charge in [-0.3, -0.25) is 0 Å². The zero-order valence-electron chi connectivity index (χ0n) is 12.3. The highest BCUT2D eigenvalue weighted by Crippen LogP contribution is 2.20. The Hall–Kier alpha value is -1.77. The molecular formula is C17H23N3. The zero-order valence-corrected chi connectivity index (χ0v) is 12.3. The van der Waals surface area contributed by atoms with Crippen LogP contribution in [0.25, 0.3) is 0 Å². The van der Waals surface area contributed by atoms with Gasteiger partial charge in [-0.1, -0.05) is 30.3 Å². The first-order chi connectivity index (χ1) is 9.84. The van der Waals surface area contributed by atoms with Crippen molar-refractivity contribution in [2.24, 2.45) is 0 Å². The lowest BCUT2D eigenvalue weighted by molar-refractivity contribution is 0.550. The molecule has 0 saturated carbocycles. The van der Waals surface area contributed by atoms with E-state index in [0.717, 1.165) is 32.0 Å². The molecule has 1 aliphatic rings. The largest absolute Gasteiger partial charge is 0.342 e. The monoisotopic (exact) mass is 269 g/mol. The van der Waals surface area contributed by atoms with Crippen molar-refractivity contribution < 1.29 is 0 Å². The van der Waals surface area contributed by atoms with E-state index >= 15 is 0 Å². The molecule has 0 amide bonds. The van der Waals surface area contributed by atoms with E-state index in [9.17, 15) is 0 Å². The van der Waals surface area contributed by atoms with Crippen LogP contribution in [0.15, 0.2) is 36.5 Å². The van der Waals surface area contributed by atoms with Crippen LogP contribution in [0.5, 0.6) is 0 Å². The van der Waals surface area contributed by atoms with Crippen LogP contribution in [-0.4, -0.2) is 22.6 Å². The van der Waals surface area contributed by atoms with Gasteiger partial charge < -0.3 is 9.47 Å². The van der Waals surface area contributed by atoms with E-state index in [-0.39, 0.29) is 0 Å². The number of aromatic nitrogens is 2. The van der Waals surface area contributed by atoms with Gasteiger partial charge in [0.15, 0.2) is 0 Å². The highest BCUT2D eigenvalue weighted by molar-refractivity contribution is 5.34. The normalized spacial score (nSPS) is 15.6. The van der Waals surface area contributed by atoms with E-state index in [4.69, 9.17) is 0 Å². The number of hydrogen-bond acceptors (Lipinski definition) is 2. The molecule has 3 nitrogen and oxygen atoms in total. The lowest BCUT2D eigenvalue weighted by Crippen LogP contribution is -2.32. The van der Waals surface area contributed by atoms with Crippen molar-refractivity contribution in [3.05, 3.63) is 47.8 Å². The van der Waals surface area contributed by atoms with Gasteiger partial charge in [-0.2, -0.15) is 0 Å². The summed E-state index contributed by atoms with van der Waals surface area (Å²) in [4.78, 5) is 7.09. The molecule has 0 atom stereocenters. The minimum Gasteiger partial charge on any atom is -0.342 e. The Bertz CT molecular complexity index is 539. The van der Waals surface area contributed by atoms with Gasteiger partial charge in [0.25, 0.3) is 0 Å². The Balaban J connectivity index is 1.73. The minimum atomic E-state index is 1.02. The van der Waals surface area contributed by atoms with Crippen molar-refractivity contribution in [1.82, 2.24) is 9.55 Å². The van der Waals surface area contributed by atoms with Crippen molar-refractivity contribution >= 4 is 5.95 Å². The zero-order chi connectivity index (χ0) is 13.8. The van der Waals surface area contributed by atoms with E-state index in [1.165, 1.54) is 30.5 Å². The lowest BCUT2D eigenvalue weighted by Gasteiger charge is -2.28. The summed E-state index contributed by atoms with van der Waals surface area (Å²) < 4.78 is 2.37. The molecule has 0 bridgehead atoms. The molecule has 2 heterocycles. The van der Waals surface area contributed by atoms with Gasteiger partial charge in [0.05, 0.1) is 6.20 Å². The third kappa shape index (κ3) is 2.87. The Morgan fingerprint density at radius 2 is 1.80 bits per heavy atom. The van der Waals surface area contributed by atoms with Crippen molar-refractivity contribution in [3.8, 4) is 0 Å². The summed E-state index contributed by atoms with van der Waals surface area (Å²) in [6.45, 7) is 5.48. The highest BCUT2D eigenvalue weighted by atomic mass is 15.3. The summed E-state index contributed by atoms with van der Waals surface area (Å²) in [7, 11) is 0. The standard InChI is InChI=1S/C17H23N3/c1-15-14-18-17(19-11-6-3-7-12-19)20(15)13-10-16-8-4-2-5-9-16/h2,4-5,8-9,14H,3,6-7,10-13H2,1H3. The molecule has 20 heavy (non-hydrogen) atoms. The summed E-state index contributed by atoms with van der Waals surface area (Å²) in [5.41, 5.74) is 2.66. The fourth-order valence-electron chi connectivity index (χ4n) is 2.96. The number of hydrogen-bond donors (Lipinski definition) is 0. The van der Waals surface area contributed by atoms with Crippen LogP contribution in [0.4, 0.5) is 5.95 Å². The summed E-state index contributed by atoms with van der Waals surface area (Å²) in [5.74, 6) is 1.16. The first kappa shape index (κ1) is 13.2. The predicted molar refractivity (Wildman–Crippen MR) is 83.2 cm³/mol. The van der Waals surface area contributed by atoms with Crippen molar-refractivity contribution in [3.63, 3.8) is 0 Å². The first-order valence-electron chi connectivity index (χ1n) is 7.65. The van der Waals surface area contributed by atoms with Gasteiger partial charge in [-0.15, -0.1) is 0 Å². The fourth-order valence-corrected chi connectivity index (χ4v) is 2.96. The van der Waals surface area contributed by atoms with E-state index in [1.54, 1.807) is 0 Å². The maximum Gasteiger partial charge on any atom is 0.205 e. The van der Waals surface area contributed by atoms with Crippen LogP contribution < -0.4 is 4.90 Å². The number of rotatable bonds is 4. The summed E-state index contributed by atoms with van der Waals surface area (Å²) >= 11 is 0. The second-order valence-electron chi connectivity index (χ2n) is 5.63. The van der Waals surface area contributed by atoms with E-state index in [0.29, 0.717) is 0 Å². The summed E-state index contributed by atoms with van der Waals surface area (Å²) in [6.07, 6.45) is 7.03. The van der Waals surface area contributed by atoms with Crippen LogP contribution in [0.3, 0.4) is 0 Å². The summed E-state index contributed by atoms with van der Waals surface area (Å²) in [6, 6.07) is 10.7. The number of imidazole rings is 1. The number of nitrogens with zero attached hydrogens (tertiary/aromatic N) is 3. The smallest absolute Gasteiger partial charge is 0.205 e. The molecule has 0 N–H and O–H groups in total. The number of anilines is 1. The molecule has 106 valence electrons. The molecule has 0 unspecified atom stereocenters. The molecule has 1 aromatic carbocycles. The quantitative estimate of drug-likeness (QED) is 0.848. The van der Waals surface area contributed by atoms with Crippen LogP contribution in [0, 0.1) is 6.92 Å². The van der Waals surface area contributed by atoms with Crippen molar-refractivity contribution in [2.75, 3.05) is 18.0 Å². The molecule has 0 aliphatic carbocycles. The topological polar surface area (TPSA) is 21.1 Å². The van der Waals surface area contributed by atoms with Crippen LogP contribution in [-0.2, 0) is 13.0 Å². The number of aryl methyl sites for hydroxylation is 2. The molecule has 0 spiro atoms. The van der Waals surface area contributed by atoms with Gasteiger partial charge in [-0.25, -0.2) is 4.98 Å². The molecule has 1 aromatic heterocycles. The molecule has 3 heteroatoms. The number of piperidine rings is 1. The van der Waals surface area contributed by atoms with Gasteiger partial charge >= 0.3 is 0 Å². The molecule has 1 saturated heterocycles. The molecular weight excluding hydrogens is 246 g/mol. The third-order valence-electron chi connectivity index (χ3n) is 4.14. The fraction of sp³-hybridized carbons (Fsp3) is 0.471. The molecule has 3 rings (SSSR count). The average molecular weight is 269 g/mol. The van der Waals surface area contributed by atoms with E-state index in [2.05, 4.69) is 51.7 Å². The Morgan fingerprint density at radius 3 is 2.55 bits per heavy atom. The molecule has 0 radical (unpaired) electrons.